The lowest BCUT2D eigenvalue weighted by molar-refractivity contribution is 0.0492. The molecule has 92 heavy (non-hydrogen) atoms. The second-order valence-electron chi connectivity index (χ2n) is 27.9. The minimum absolute atomic E-state index is 0.415. The van der Waals surface area contributed by atoms with Crippen molar-refractivity contribution in [2.75, 3.05) is 59.4 Å². The number of likely N-dealkylation sites (N-methyl/N-ethyl adjacent to an activating group) is 1. The molecule has 0 saturated heterocycles. The van der Waals surface area contributed by atoms with Gasteiger partial charge in [0.05, 0.1) is 24.4 Å². The summed E-state index contributed by atoms with van der Waals surface area (Å²) in [6.45, 7) is 14.7. The van der Waals surface area contributed by atoms with Gasteiger partial charge in [0.1, 0.15) is 0 Å². The van der Waals surface area contributed by atoms with E-state index in [2.05, 4.69) is 147 Å². The molecule has 7 nitrogen and oxygen atoms in total. The van der Waals surface area contributed by atoms with Crippen LogP contribution in [-0.4, -0.2) is 119 Å². The SMILES string of the molecule is CCCCCCCC/C=C\C/C=C\CCCCCC(O)CN(CCN(C)CCN(CC(O)CCCCC/C=C\C/C=C\CCCCCCCC)CC(O)CCCCC/C=C\C/C=C\CCCCCCCC)CC(O)CCCCC/C=C\C/C=C\CCCCCCCC. The van der Waals surface area contributed by atoms with Crippen LogP contribution in [0.3, 0.4) is 0 Å². The normalized spacial score (nSPS) is 14.1. The van der Waals surface area contributed by atoms with Crippen molar-refractivity contribution in [1.29, 1.82) is 0 Å². The predicted octanol–water partition coefficient (Wildman–Crippen LogP) is 23.8. The average Bonchev–Trinajstić information content (AvgIpc) is 3.25. The largest absolute Gasteiger partial charge is 0.392 e. The smallest absolute Gasteiger partial charge is 0.0667 e. The van der Waals surface area contributed by atoms with Crippen LogP contribution in [0.1, 0.15) is 362 Å². The number of nitrogens with zero attached hydrogens (tertiary/aromatic N) is 3. The fourth-order valence-corrected chi connectivity index (χ4v) is 12.3. The Morgan fingerprint density at radius 2 is 0.391 bits per heavy atom. The molecule has 7 heteroatoms. The second-order valence-corrected chi connectivity index (χ2v) is 27.9. The molecule has 538 valence electrons. The van der Waals surface area contributed by atoms with Crippen molar-refractivity contribution in [2.24, 2.45) is 0 Å². The van der Waals surface area contributed by atoms with Crippen LogP contribution in [0.4, 0.5) is 0 Å². The van der Waals surface area contributed by atoms with Crippen molar-refractivity contribution in [3.63, 3.8) is 0 Å². The number of aliphatic hydroxyl groups is 4. The fraction of sp³-hybridized carbons (Fsp3) is 0.812. The van der Waals surface area contributed by atoms with E-state index in [-0.39, 0.29) is 0 Å². The molecule has 0 bridgehead atoms. The van der Waals surface area contributed by atoms with Crippen LogP contribution >= 0.6 is 0 Å². The number of hydrogen-bond acceptors (Lipinski definition) is 7. The van der Waals surface area contributed by atoms with Gasteiger partial charge in [-0.2, -0.15) is 0 Å². The third kappa shape index (κ3) is 71.9. The summed E-state index contributed by atoms with van der Waals surface area (Å²) in [5.74, 6) is 0. The molecular weight excluding hydrogens is 1130 g/mol. The van der Waals surface area contributed by atoms with E-state index in [0.29, 0.717) is 26.2 Å². The van der Waals surface area contributed by atoms with Gasteiger partial charge < -0.3 is 25.3 Å². The van der Waals surface area contributed by atoms with Crippen LogP contribution in [0, 0.1) is 0 Å². The molecule has 0 aromatic rings. The molecule has 0 spiro atoms. The van der Waals surface area contributed by atoms with Crippen molar-refractivity contribution < 1.29 is 20.4 Å². The molecule has 4 atom stereocenters. The van der Waals surface area contributed by atoms with Gasteiger partial charge >= 0.3 is 0 Å². The van der Waals surface area contributed by atoms with Crippen molar-refractivity contribution in [3.05, 3.63) is 97.2 Å². The Kier molecular flexibility index (Phi) is 74.1. The van der Waals surface area contributed by atoms with Crippen molar-refractivity contribution in [1.82, 2.24) is 14.7 Å². The fourth-order valence-electron chi connectivity index (χ4n) is 12.3. The van der Waals surface area contributed by atoms with Crippen molar-refractivity contribution in [3.8, 4) is 0 Å². The molecule has 0 aliphatic rings. The van der Waals surface area contributed by atoms with Gasteiger partial charge in [0, 0.05) is 52.4 Å². The maximum absolute atomic E-state index is 11.4. The Bertz CT molecular complexity index is 1450. The number of hydrogen-bond donors (Lipinski definition) is 4. The summed E-state index contributed by atoms with van der Waals surface area (Å²) in [6.07, 6.45) is 97.8. The summed E-state index contributed by atoms with van der Waals surface area (Å²) in [5, 5.41) is 45.7. The van der Waals surface area contributed by atoms with Crippen LogP contribution in [0.2, 0.25) is 0 Å². The second kappa shape index (κ2) is 76.0. The van der Waals surface area contributed by atoms with E-state index in [4.69, 9.17) is 0 Å². The van der Waals surface area contributed by atoms with Crippen molar-refractivity contribution >= 4 is 0 Å². The Hall–Kier alpha value is -2.36. The maximum atomic E-state index is 11.4. The topological polar surface area (TPSA) is 90.6 Å². The first kappa shape index (κ1) is 89.6. The molecule has 0 rings (SSSR count). The molecule has 0 heterocycles. The number of allylic oxidation sites excluding steroid dienone is 16. The van der Waals surface area contributed by atoms with Crippen LogP contribution in [0.15, 0.2) is 97.2 Å². The zero-order valence-corrected chi connectivity index (χ0v) is 62.1. The molecule has 0 saturated carbocycles. The molecular formula is C85H159N3O4. The third-order valence-corrected chi connectivity index (χ3v) is 18.4. The number of aliphatic hydroxyl groups excluding tert-OH is 4. The van der Waals surface area contributed by atoms with Gasteiger partial charge in [-0.1, -0.05) is 305 Å². The van der Waals surface area contributed by atoms with E-state index in [1.807, 2.05) is 0 Å². The first-order chi connectivity index (χ1) is 45.2. The first-order valence-corrected chi connectivity index (χ1v) is 40.3. The summed E-state index contributed by atoms with van der Waals surface area (Å²) in [5.41, 5.74) is 0. The highest BCUT2D eigenvalue weighted by atomic mass is 16.3. The maximum Gasteiger partial charge on any atom is 0.0667 e. The summed E-state index contributed by atoms with van der Waals surface area (Å²) in [7, 11) is 2.18. The highest BCUT2D eigenvalue weighted by Gasteiger charge is 2.19. The van der Waals surface area contributed by atoms with Gasteiger partial charge in [0.2, 0.25) is 0 Å². The molecule has 0 aliphatic heterocycles. The Labute approximate surface area is 574 Å². The molecule has 4 unspecified atom stereocenters. The standard InChI is InChI=1S/C85H159N3O4/c1-6-10-14-18-22-26-30-34-38-42-46-50-54-58-62-66-70-82(89)78-87(79-83(90)71-67-63-59-55-51-47-43-39-35-31-27-23-19-15-11-7-2)76-74-86(5)75-77-88(80-84(91)72-68-64-60-56-52-48-44-40-36-32-28-24-20-16-12-8-3)81-85(92)73-69-65-61-57-53-49-45-41-37-33-29-25-21-17-13-9-4/h34-41,46-53,82-85,89-92H,6-33,42-45,54-81H2,1-5H3/b38-34-,39-35-,40-36-,41-37-,50-46-,51-47-,52-48-,53-49-. The number of unbranched alkanes of at least 4 members (excludes halogenated alkanes) is 36. The quantitative estimate of drug-likeness (QED) is 0.0356. The van der Waals surface area contributed by atoms with E-state index in [1.165, 1.54) is 180 Å². The average molecular weight is 1290 g/mol. The third-order valence-electron chi connectivity index (χ3n) is 18.4. The molecule has 0 aliphatic carbocycles. The predicted molar refractivity (Wildman–Crippen MR) is 410 cm³/mol. The summed E-state index contributed by atoms with van der Waals surface area (Å²) in [6, 6.07) is 0. The zero-order valence-electron chi connectivity index (χ0n) is 62.1. The summed E-state index contributed by atoms with van der Waals surface area (Å²) >= 11 is 0. The van der Waals surface area contributed by atoms with Gasteiger partial charge in [0.15, 0.2) is 0 Å². The first-order valence-electron chi connectivity index (χ1n) is 40.3. The molecule has 0 fully saturated rings. The lowest BCUT2D eigenvalue weighted by atomic mass is 10.1. The van der Waals surface area contributed by atoms with Gasteiger partial charge in [-0.15, -0.1) is 0 Å². The van der Waals surface area contributed by atoms with Gasteiger partial charge in [-0.25, -0.2) is 0 Å². The molecule has 4 N–H and O–H groups in total. The summed E-state index contributed by atoms with van der Waals surface area (Å²) in [4.78, 5) is 7.00. The summed E-state index contributed by atoms with van der Waals surface area (Å²) < 4.78 is 0. The monoisotopic (exact) mass is 1290 g/mol. The van der Waals surface area contributed by atoms with E-state index in [1.54, 1.807) is 0 Å². The lowest BCUT2D eigenvalue weighted by Gasteiger charge is -2.31. The van der Waals surface area contributed by atoms with E-state index < -0.39 is 24.4 Å². The number of rotatable bonds is 74. The van der Waals surface area contributed by atoms with Gasteiger partial charge in [-0.3, -0.25) is 9.80 Å². The van der Waals surface area contributed by atoms with E-state index in [9.17, 15) is 20.4 Å². The zero-order chi connectivity index (χ0) is 66.8. The minimum atomic E-state index is -0.415. The Morgan fingerprint density at radius 3 is 0.587 bits per heavy atom. The van der Waals surface area contributed by atoms with Gasteiger partial charge in [0.25, 0.3) is 0 Å². The van der Waals surface area contributed by atoms with Crippen LogP contribution < -0.4 is 0 Å². The van der Waals surface area contributed by atoms with Crippen molar-refractivity contribution in [2.45, 2.75) is 386 Å². The minimum Gasteiger partial charge on any atom is -0.392 e. The Morgan fingerprint density at radius 1 is 0.217 bits per heavy atom. The highest BCUT2D eigenvalue weighted by molar-refractivity contribution is 4.95. The highest BCUT2D eigenvalue weighted by Crippen LogP contribution is 2.17. The van der Waals surface area contributed by atoms with Crippen LogP contribution in [0.25, 0.3) is 0 Å². The lowest BCUT2D eigenvalue weighted by Crippen LogP contribution is -2.44. The van der Waals surface area contributed by atoms with Crippen LogP contribution in [0.5, 0.6) is 0 Å². The molecule has 0 aromatic carbocycles. The molecule has 0 aromatic heterocycles. The molecule has 0 radical (unpaired) electrons. The van der Waals surface area contributed by atoms with Crippen LogP contribution in [-0.2, 0) is 0 Å². The van der Waals surface area contributed by atoms with Gasteiger partial charge in [-0.05, 0) is 161 Å². The van der Waals surface area contributed by atoms with E-state index in [0.717, 1.165) is 180 Å². The Balaban J connectivity index is 5.42. The van der Waals surface area contributed by atoms with E-state index >= 15 is 0 Å². The molecule has 0 amide bonds.